The number of fused-ring (bicyclic) bond motifs is 1. The molecule has 2 heterocycles. The molecule has 4 rings (SSSR count). The minimum atomic E-state index is -0.348. The molecule has 0 amide bonds. The van der Waals surface area contributed by atoms with Crippen molar-refractivity contribution in [1.82, 2.24) is 9.88 Å². The molecule has 1 fully saturated rings. The smallest absolute Gasteiger partial charge is 0.337 e. The van der Waals surface area contributed by atoms with Crippen LogP contribution in [0.1, 0.15) is 28.3 Å². The van der Waals surface area contributed by atoms with Gasteiger partial charge in [-0.05, 0) is 42.4 Å². The zero-order chi connectivity index (χ0) is 18.8. The average molecular weight is 398 g/mol. The topological polar surface area (TPSA) is 54.5 Å². The van der Waals surface area contributed by atoms with E-state index in [2.05, 4.69) is 39.5 Å². The van der Waals surface area contributed by atoms with Crippen LogP contribution in [0.25, 0.3) is 10.2 Å². The van der Waals surface area contributed by atoms with Crippen molar-refractivity contribution in [2.45, 2.75) is 12.3 Å². The van der Waals surface area contributed by atoms with Gasteiger partial charge in [0.2, 0.25) is 0 Å². The molecule has 0 aliphatic carbocycles. The standard InChI is InChI=1S/C20H19N3O2S2/c1-25-18(24)14-7-8-16-17(11-14)27-19(21-16)22-20(26)23-10-9-15(12-23)13-5-3-2-4-6-13/h2-8,11,15H,9-10,12H2,1H3,(H,21,22,26)/t15-/m1/s1. The Hall–Kier alpha value is -2.51. The number of aromatic nitrogens is 1. The number of nitrogens with one attached hydrogen (secondary N) is 1. The second-order valence-corrected chi connectivity index (χ2v) is 7.88. The average Bonchev–Trinajstić information content (AvgIpc) is 3.34. The van der Waals surface area contributed by atoms with Gasteiger partial charge >= 0.3 is 5.97 Å². The Morgan fingerprint density at radius 1 is 1.30 bits per heavy atom. The van der Waals surface area contributed by atoms with E-state index in [4.69, 9.17) is 17.0 Å². The molecule has 0 unspecified atom stereocenters. The molecule has 7 heteroatoms. The number of thiocarbonyl (C=S) groups is 1. The molecule has 1 aromatic heterocycles. The van der Waals surface area contributed by atoms with Gasteiger partial charge in [-0.25, -0.2) is 9.78 Å². The highest BCUT2D eigenvalue weighted by Crippen LogP contribution is 2.30. The van der Waals surface area contributed by atoms with Crippen molar-refractivity contribution < 1.29 is 9.53 Å². The SMILES string of the molecule is COC(=O)c1ccc2nc(NC(=S)N3CC[C@@H](c4ccccc4)C3)sc2c1. The normalized spacial score (nSPS) is 16.5. The highest BCUT2D eigenvalue weighted by atomic mass is 32.1. The fraction of sp³-hybridized carbons (Fsp3) is 0.250. The monoisotopic (exact) mass is 397 g/mol. The van der Waals surface area contributed by atoms with Gasteiger partial charge in [-0.1, -0.05) is 41.7 Å². The molecule has 0 spiro atoms. The summed E-state index contributed by atoms with van der Waals surface area (Å²) in [5.74, 6) is 0.156. The first-order valence-corrected chi connectivity index (χ1v) is 9.96. The Balaban J connectivity index is 1.44. The van der Waals surface area contributed by atoms with Gasteiger partial charge in [0, 0.05) is 19.0 Å². The largest absolute Gasteiger partial charge is 0.465 e. The van der Waals surface area contributed by atoms with Gasteiger partial charge < -0.3 is 15.0 Å². The van der Waals surface area contributed by atoms with Gasteiger partial charge in [-0.3, -0.25) is 0 Å². The lowest BCUT2D eigenvalue weighted by molar-refractivity contribution is 0.0601. The second kappa shape index (κ2) is 7.62. The first-order chi connectivity index (χ1) is 13.1. The number of thiazole rings is 1. The Labute approximate surface area is 167 Å². The summed E-state index contributed by atoms with van der Waals surface area (Å²) in [6.45, 7) is 1.84. The number of hydrogen-bond acceptors (Lipinski definition) is 5. The number of anilines is 1. The van der Waals surface area contributed by atoms with Crippen molar-refractivity contribution in [2.24, 2.45) is 0 Å². The van der Waals surface area contributed by atoms with E-state index in [9.17, 15) is 4.79 Å². The lowest BCUT2D eigenvalue weighted by Crippen LogP contribution is -2.32. The summed E-state index contributed by atoms with van der Waals surface area (Å²) in [5, 5.41) is 4.69. The number of methoxy groups -OCH3 is 1. The van der Waals surface area contributed by atoms with Crippen molar-refractivity contribution in [3.05, 3.63) is 59.7 Å². The van der Waals surface area contributed by atoms with Gasteiger partial charge in [-0.15, -0.1) is 0 Å². The second-order valence-electron chi connectivity index (χ2n) is 6.47. The molecule has 1 saturated heterocycles. The van der Waals surface area contributed by atoms with Crippen LogP contribution in [0, 0.1) is 0 Å². The van der Waals surface area contributed by atoms with Crippen molar-refractivity contribution in [3.63, 3.8) is 0 Å². The Morgan fingerprint density at radius 3 is 2.89 bits per heavy atom. The summed E-state index contributed by atoms with van der Waals surface area (Å²) in [4.78, 5) is 18.4. The number of nitrogens with zero attached hydrogens (tertiary/aromatic N) is 2. The van der Waals surface area contributed by atoms with Crippen LogP contribution in [0.15, 0.2) is 48.5 Å². The highest BCUT2D eigenvalue weighted by Gasteiger charge is 2.25. The lowest BCUT2D eigenvalue weighted by Gasteiger charge is -2.19. The summed E-state index contributed by atoms with van der Waals surface area (Å²) >= 11 is 7.08. The van der Waals surface area contributed by atoms with Gasteiger partial charge in [-0.2, -0.15) is 0 Å². The van der Waals surface area contributed by atoms with Gasteiger partial charge in [0.25, 0.3) is 0 Å². The molecule has 2 aromatic carbocycles. The molecular formula is C20H19N3O2S2. The zero-order valence-electron chi connectivity index (χ0n) is 14.8. The van der Waals surface area contributed by atoms with E-state index in [0.29, 0.717) is 16.6 Å². The van der Waals surface area contributed by atoms with Crippen LogP contribution in [0.3, 0.4) is 0 Å². The Bertz CT molecular complexity index is 987. The predicted octanol–water partition coefficient (Wildman–Crippen LogP) is 4.27. The molecule has 3 aromatic rings. The van der Waals surface area contributed by atoms with Crippen molar-refractivity contribution in [2.75, 3.05) is 25.5 Å². The molecule has 138 valence electrons. The lowest BCUT2D eigenvalue weighted by atomic mass is 9.99. The maximum atomic E-state index is 11.7. The summed E-state index contributed by atoms with van der Waals surface area (Å²) in [5.41, 5.74) is 2.72. The molecule has 0 saturated carbocycles. The third kappa shape index (κ3) is 3.79. The fourth-order valence-electron chi connectivity index (χ4n) is 3.34. The maximum Gasteiger partial charge on any atom is 0.337 e. The molecule has 1 aliphatic rings. The van der Waals surface area contributed by atoms with Crippen LogP contribution in [0.4, 0.5) is 5.13 Å². The quantitative estimate of drug-likeness (QED) is 0.526. The number of rotatable bonds is 3. The van der Waals surface area contributed by atoms with Crippen LogP contribution in [-0.4, -0.2) is 41.2 Å². The van der Waals surface area contributed by atoms with E-state index in [1.165, 1.54) is 24.0 Å². The Morgan fingerprint density at radius 2 is 2.11 bits per heavy atom. The number of benzene rings is 2. The molecule has 1 atom stereocenters. The summed E-state index contributed by atoms with van der Waals surface area (Å²) < 4.78 is 5.70. The molecule has 27 heavy (non-hydrogen) atoms. The van der Waals surface area contributed by atoms with Gasteiger partial charge in [0.15, 0.2) is 10.2 Å². The van der Waals surface area contributed by atoms with Gasteiger partial charge in [0.05, 0.1) is 22.9 Å². The first-order valence-electron chi connectivity index (χ1n) is 8.74. The number of hydrogen-bond donors (Lipinski definition) is 1. The number of likely N-dealkylation sites (tertiary alicyclic amines) is 1. The third-order valence-corrected chi connectivity index (χ3v) is 6.06. The summed E-state index contributed by atoms with van der Waals surface area (Å²) in [6.07, 6.45) is 1.09. The number of ether oxygens (including phenoxy) is 1. The number of esters is 1. The number of carbonyl (C=O) groups is 1. The van der Waals surface area contributed by atoms with Crippen LogP contribution in [0.5, 0.6) is 0 Å². The van der Waals surface area contributed by atoms with Crippen molar-refractivity contribution in [1.29, 1.82) is 0 Å². The van der Waals surface area contributed by atoms with Gasteiger partial charge in [0.1, 0.15) is 0 Å². The van der Waals surface area contributed by atoms with E-state index in [1.807, 2.05) is 12.1 Å². The van der Waals surface area contributed by atoms with Crippen LogP contribution >= 0.6 is 23.6 Å². The van der Waals surface area contributed by atoms with E-state index in [1.54, 1.807) is 12.1 Å². The molecule has 5 nitrogen and oxygen atoms in total. The van der Waals surface area contributed by atoms with Crippen molar-refractivity contribution in [3.8, 4) is 0 Å². The molecule has 1 N–H and O–H groups in total. The van der Waals surface area contributed by atoms with E-state index in [0.717, 1.165) is 34.9 Å². The Kier molecular flexibility index (Phi) is 5.05. The fourth-order valence-corrected chi connectivity index (χ4v) is 4.57. The van der Waals surface area contributed by atoms with Crippen LogP contribution in [0.2, 0.25) is 0 Å². The molecule has 1 aliphatic heterocycles. The molecule has 0 radical (unpaired) electrons. The maximum absolute atomic E-state index is 11.7. The van der Waals surface area contributed by atoms with E-state index < -0.39 is 0 Å². The summed E-state index contributed by atoms with van der Waals surface area (Å²) in [6, 6.07) is 15.9. The number of carbonyl (C=O) groups excluding carboxylic acids is 1. The predicted molar refractivity (Wildman–Crippen MR) is 113 cm³/mol. The van der Waals surface area contributed by atoms with Crippen LogP contribution in [-0.2, 0) is 4.74 Å². The van der Waals surface area contributed by atoms with E-state index in [-0.39, 0.29) is 5.97 Å². The van der Waals surface area contributed by atoms with Crippen LogP contribution < -0.4 is 5.32 Å². The molecular weight excluding hydrogens is 378 g/mol. The molecule has 0 bridgehead atoms. The summed E-state index contributed by atoms with van der Waals surface area (Å²) in [7, 11) is 1.38. The first kappa shape index (κ1) is 17.9. The van der Waals surface area contributed by atoms with E-state index >= 15 is 0 Å². The van der Waals surface area contributed by atoms with Crippen molar-refractivity contribution >= 4 is 50.0 Å². The third-order valence-electron chi connectivity index (χ3n) is 4.77. The minimum Gasteiger partial charge on any atom is -0.465 e. The minimum absolute atomic E-state index is 0.348. The zero-order valence-corrected chi connectivity index (χ0v) is 16.5. The highest BCUT2D eigenvalue weighted by molar-refractivity contribution is 7.80.